The number of hydrogen-bond donors (Lipinski definition) is 1. The molecule has 0 amide bonds. The summed E-state index contributed by atoms with van der Waals surface area (Å²) in [7, 11) is 4.38. The molecule has 0 aliphatic carbocycles. The Labute approximate surface area is 111 Å². The molecule has 102 valence electrons. The normalized spacial score (nSPS) is 27.9. The molecule has 0 saturated carbocycles. The first-order chi connectivity index (χ1) is 8.10. The summed E-state index contributed by atoms with van der Waals surface area (Å²) in [6.45, 7) is 7.78. The van der Waals surface area contributed by atoms with Gasteiger partial charge in [0.05, 0.1) is 0 Å². The van der Waals surface area contributed by atoms with Gasteiger partial charge in [-0.3, -0.25) is 4.90 Å². The van der Waals surface area contributed by atoms with E-state index < -0.39 is 0 Å². The lowest BCUT2D eigenvalue weighted by atomic mass is 10.1. The molecule has 3 unspecified atom stereocenters. The first kappa shape index (κ1) is 15.3. The van der Waals surface area contributed by atoms with Crippen LogP contribution in [0.4, 0.5) is 0 Å². The predicted molar refractivity (Wildman–Crippen MR) is 78.7 cm³/mol. The highest BCUT2D eigenvalue weighted by Crippen LogP contribution is 2.23. The van der Waals surface area contributed by atoms with E-state index in [1.54, 1.807) is 0 Å². The van der Waals surface area contributed by atoms with Crippen LogP contribution >= 0.6 is 11.8 Å². The Kier molecular flexibility index (Phi) is 6.85. The lowest BCUT2D eigenvalue weighted by Crippen LogP contribution is -2.41. The average Bonchev–Trinajstić information content (AvgIpc) is 2.67. The fourth-order valence-electron chi connectivity index (χ4n) is 2.77. The number of nitrogens with zero attached hydrogens (tertiary/aromatic N) is 2. The largest absolute Gasteiger partial charge is 0.329 e. The zero-order chi connectivity index (χ0) is 12.8. The SMILES string of the molecule is CCSCCC(CN)N1CC(C)C(N(C)C)C1. The highest BCUT2D eigenvalue weighted by Gasteiger charge is 2.33. The third-order valence-electron chi connectivity index (χ3n) is 3.85. The molecule has 1 rings (SSSR count). The van der Waals surface area contributed by atoms with Gasteiger partial charge in [0.25, 0.3) is 0 Å². The van der Waals surface area contributed by atoms with Gasteiger partial charge in [0.15, 0.2) is 0 Å². The lowest BCUT2D eigenvalue weighted by molar-refractivity contribution is 0.215. The maximum absolute atomic E-state index is 5.94. The summed E-state index contributed by atoms with van der Waals surface area (Å²) >= 11 is 2.03. The lowest BCUT2D eigenvalue weighted by Gasteiger charge is -2.27. The molecule has 0 aromatic carbocycles. The van der Waals surface area contributed by atoms with Crippen LogP contribution in [0.3, 0.4) is 0 Å². The van der Waals surface area contributed by atoms with E-state index in [0.717, 1.165) is 12.5 Å². The van der Waals surface area contributed by atoms with Gasteiger partial charge in [-0.25, -0.2) is 0 Å². The Hall–Kier alpha value is 0.230. The van der Waals surface area contributed by atoms with Crippen molar-refractivity contribution in [3.8, 4) is 0 Å². The molecule has 0 spiro atoms. The Morgan fingerprint density at radius 3 is 2.59 bits per heavy atom. The minimum Gasteiger partial charge on any atom is -0.329 e. The van der Waals surface area contributed by atoms with Crippen LogP contribution < -0.4 is 5.73 Å². The summed E-state index contributed by atoms with van der Waals surface area (Å²) in [6.07, 6.45) is 1.24. The van der Waals surface area contributed by atoms with Crippen molar-refractivity contribution in [2.75, 3.05) is 45.2 Å². The molecule has 1 aliphatic heterocycles. The number of rotatable bonds is 7. The minimum atomic E-state index is 0.585. The van der Waals surface area contributed by atoms with Crippen molar-refractivity contribution in [2.24, 2.45) is 11.7 Å². The van der Waals surface area contributed by atoms with Crippen LogP contribution in [-0.2, 0) is 0 Å². The van der Waals surface area contributed by atoms with Gasteiger partial charge < -0.3 is 10.6 Å². The fourth-order valence-corrected chi connectivity index (χ4v) is 3.50. The Morgan fingerprint density at radius 1 is 1.41 bits per heavy atom. The molecule has 0 bridgehead atoms. The maximum atomic E-state index is 5.94. The zero-order valence-corrected chi connectivity index (χ0v) is 12.7. The molecule has 3 atom stereocenters. The van der Waals surface area contributed by atoms with E-state index in [9.17, 15) is 0 Å². The van der Waals surface area contributed by atoms with E-state index in [-0.39, 0.29) is 0 Å². The first-order valence-corrected chi connectivity index (χ1v) is 7.93. The Balaban J connectivity index is 2.43. The van der Waals surface area contributed by atoms with Gasteiger partial charge >= 0.3 is 0 Å². The second kappa shape index (κ2) is 7.62. The standard InChI is InChI=1S/C13H29N3S/c1-5-17-7-6-12(8-14)16-9-11(2)13(10-16)15(3)4/h11-13H,5-10,14H2,1-4H3. The topological polar surface area (TPSA) is 32.5 Å². The third-order valence-corrected chi connectivity index (χ3v) is 4.78. The quantitative estimate of drug-likeness (QED) is 0.699. The summed E-state index contributed by atoms with van der Waals surface area (Å²) in [5.74, 6) is 3.22. The van der Waals surface area contributed by atoms with Crippen LogP contribution in [-0.4, -0.2) is 67.1 Å². The summed E-state index contributed by atoms with van der Waals surface area (Å²) < 4.78 is 0. The molecule has 3 nitrogen and oxygen atoms in total. The van der Waals surface area contributed by atoms with E-state index >= 15 is 0 Å². The third kappa shape index (κ3) is 4.43. The van der Waals surface area contributed by atoms with Crippen molar-refractivity contribution >= 4 is 11.8 Å². The zero-order valence-electron chi connectivity index (χ0n) is 11.9. The Bertz CT molecular complexity index is 211. The molecule has 1 heterocycles. The summed E-state index contributed by atoms with van der Waals surface area (Å²) in [5, 5.41) is 0. The van der Waals surface area contributed by atoms with Crippen LogP contribution in [0.5, 0.6) is 0 Å². The van der Waals surface area contributed by atoms with E-state index in [4.69, 9.17) is 5.73 Å². The Morgan fingerprint density at radius 2 is 2.12 bits per heavy atom. The van der Waals surface area contributed by atoms with Crippen molar-refractivity contribution in [3.63, 3.8) is 0 Å². The monoisotopic (exact) mass is 259 g/mol. The van der Waals surface area contributed by atoms with Gasteiger partial charge in [0.1, 0.15) is 0 Å². The van der Waals surface area contributed by atoms with Crippen LogP contribution in [0.2, 0.25) is 0 Å². The molecular weight excluding hydrogens is 230 g/mol. The number of hydrogen-bond acceptors (Lipinski definition) is 4. The molecule has 17 heavy (non-hydrogen) atoms. The van der Waals surface area contributed by atoms with E-state index in [1.165, 1.54) is 31.0 Å². The average molecular weight is 259 g/mol. The second-order valence-electron chi connectivity index (χ2n) is 5.34. The van der Waals surface area contributed by atoms with Gasteiger partial charge in [-0.1, -0.05) is 13.8 Å². The molecule has 0 aromatic heterocycles. The predicted octanol–water partition coefficient (Wildman–Crippen LogP) is 1.34. The van der Waals surface area contributed by atoms with E-state index in [2.05, 4.69) is 37.7 Å². The van der Waals surface area contributed by atoms with Gasteiger partial charge in [-0.05, 0) is 37.9 Å². The fraction of sp³-hybridized carbons (Fsp3) is 1.00. The second-order valence-corrected chi connectivity index (χ2v) is 6.73. The van der Waals surface area contributed by atoms with Crippen LogP contribution in [0, 0.1) is 5.92 Å². The molecule has 4 heteroatoms. The molecule has 2 N–H and O–H groups in total. The summed E-state index contributed by atoms with van der Waals surface area (Å²) in [6, 6.07) is 1.28. The molecule has 0 aromatic rings. The smallest absolute Gasteiger partial charge is 0.0254 e. The van der Waals surface area contributed by atoms with Crippen LogP contribution in [0.25, 0.3) is 0 Å². The van der Waals surface area contributed by atoms with Gasteiger partial charge in [0, 0.05) is 31.7 Å². The van der Waals surface area contributed by atoms with Crippen LogP contribution in [0.15, 0.2) is 0 Å². The maximum Gasteiger partial charge on any atom is 0.0254 e. The van der Waals surface area contributed by atoms with Crippen molar-refractivity contribution in [1.82, 2.24) is 9.80 Å². The molecular formula is C13H29N3S. The first-order valence-electron chi connectivity index (χ1n) is 6.78. The summed E-state index contributed by atoms with van der Waals surface area (Å²) in [5.41, 5.74) is 5.94. The molecule has 1 aliphatic rings. The highest BCUT2D eigenvalue weighted by molar-refractivity contribution is 7.99. The van der Waals surface area contributed by atoms with Gasteiger partial charge in [0.2, 0.25) is 0 Å². The van der Waals surface area contributed by atoms with Crippen LogP contribution in [0.1, 0.15) is 20.3 Å². The molecule has 1 fully saturated rings. The molecule has 0 radical (unpaired) electrons. The van der Waals surface area contributed by atoms with Crippen molar-refractivity contribution < 1.29 is 0 Å². The molecule has 1 saturated heterocycles. The summed E-state index contributed by atoms with van der Waals surface area (Å²) in [4.78, 5) is 4.96. The van der Waals surface area contributed by atoms with E-state index in [0.29, 0.717) is 12.1 Å². The number of nitrogens with two attached hydrogens (primary N) is 1. The van der Waals surface area contributed by atoms with E-state index in [1.807, 2.05) is 11.8 Å². The van der Waals surface area contributed by atoms with Crippen molar-refractivity contribution in [1.29, 1.82) is 0 Å². The minimum absolute atomic E-state index is 0.585. The van der Waals surface area contributed by atoms with Crippen molar-refractivity contribution in [2.45, 2.75) is 32.4 Å². The number of likely N-dealkylation sites (tertiary alicyclic amines) is 1. The van der Waals surface area contributed by atoms with Crippen molar-refractivity contribution in [3.05, 3.63) is 0 Å². The van der Waals surface area contributed by atoms with Gasteiger partial charge in [-0.2, -0.15) is 11.8 Å². The number of likely N-dealkylation sites (N-methyl/N-ethyl adjacent to an activating group) is 1. The van der Waals surface area contributed by atoms with Gasteiger partial charge in [-0.15, -0.1) is 0 Å². The number of thioether (sulfide) groups is 1. The highest BCUT2D eigenvalue weighted by atomic mass is 32.2.